The van der Waals surface area contributed by atoms with E-state index in [1.807, 2.05) is 0 Å². The van der Waals surface area contributed by atoms with Crippen LogP contribution in [-0.4, -0.2) is 17.1 Å². The SMILES string of the molecule is O=C(/C=C/c1cc2ccccc2[nH]c1=O)c1ccccc1OC(F)(F)F. The molecule has 0 atom stereocenters. The van der Waals surface area contributed by atoms with Crippen molar-refractivity contribution in [3.05, 3.63) is 82.2 Å². The summed E-state index contributed by atoms with van der Waals surface area (Å²) in [5.74, 6) is -1.31. The highest BCUT2D eigenvalue weighted by molar-refractivity contribution is 6.08. The summed E-state index contributed by atoms with van der Waals surface area (Å²) in [6.45, 7) is 0. The van der Waals surface area contributed by atoms with Gasteiger partial charge in [-0.05, 0) is 41.8 Å². The first-order valence-electron chi connectivity index (χ1n) is 7.53. The van der Waals surface area contributed by atoms with Crippen LogP contribution in [0, 0.1) is 0 Å². The number of para-hydroxylation sites is 2. The molecule has 3 aromatic rings. The number of hydrogen-bond donors (Lipinski definition) is 1. The molecule has 0 saturated carbocycles. The Morgan fingerprint density at radius 2 is 1.73 bits per heavy atom. The van der Waals surface area contributed by atoms with Gasteiger partial charge in [0.15, 0.2) is 5.78 Å². The number of H-pyrrole nitrogens is 1. The summed E-state index contributed by atoms with van der Waals surface area (Å²) in [4.78, 5) is 27.0. The van der Waals surface area contributed by atoms with Gasteiger partial charge >= 0.3 is 6.36 Å². The van der Waals surface area contributed by atoms with Gasteiger partial charge in [-0.1, -0.05) is 30.3 Å². The number of carbonyl (C=O) groups is 1. The van der Waals surface area contributed by atoms with E-state index in [9.17, 15) is 22.8 Å². The van der Waals surface area contributed by atoms with Crippen molar-refractivity contribution in [3.63, 3.8) is 0 Å². The summed E-state index contributed by atoms with van der Waals surface area (Å²) in [6, 6.07) is 13.7. The molecule has 0 aliphatic rings. The minimum absolute atomic E-state index is 0.214. The number of nitrogens with one attached hydrogen (secondary N) is 1. The molecule has 0 unspecified atom stereocenters. The fraction of sp³-hybridized carbons (Fsp3) is 0.0526. The minimum atomic E-state index is -4.91. The van der Waals surface area contributed by atoms with Gasteiger partial charge in [-0.2, -0.15) is 0 Å². The monoisotopic (exact) mass is 359 g/mol. The fourth-order valence-electron chi connectivity index (χ4n) is 2.43. The van der Waals surface area contributed by atoms with Crippen LogP contribution in [0.2, 0.25) is 0 Å². The van der Waals surface area contributed by atoms with Gasteiger partial charge in [0.2, 0.25) is 0 Å². The van der Waals surface area contributed by atoms with Gasteiger partial charge in [-0.3, -0.25) is 9.59 Å². The predicted octanol–water partition coefficient (Wildman–Crippen LogP) is 4.32. The number of fused-ring (bicyclic) bond motifs is 1. The summed E-state index contributed by atoms with van der Waals surface area (Å²) >= 11 is 0. The van der Waals surface area contributed by atoms with E-state index in [1.165, 1.54) is 24.3 Å². The molecule has 0 aliphatic carbocycles. The topological polar surface area (TPSA) is 59.2 Å². The van der Waals surface area contributed by atoms with E-state index in [1.54, 1.807) is 30.3 Å². The second-order valence-corrected chi connectivity index (χ2v) is 5.38. The number of rotatable bonds is 4. The lowest BCUT2D eigenvalue weighted by Crippen LogP contribution is -2.18. The van der Waals surface area contributed by atoms with E-state index < -0.39 is 23.5 Å². The van der Waals surface area contributed by atoms with E-state index in [0.717, 1.165) is 17.5 Å². The Hall–Kier alpha value is -3.35. The van der Waals surface area contributed by atoms with E-state index >= 15 is 0 Å². The number of pyridine rings is 1. The molecule has 0 fully saturated rings. The van der Waals surface area contributed by atoms with Crippen molar-refractivity contribution >= 4 is 22.8 Å². The molecule has 132 valence electrons. The van der Waals surface area contributed by atoms with Crippen LogP contribution in [0.3, 0.4) is 0 Å². The van der Waals surface area contributed by atoms with E-state index in [4.69, 9.17) is 0 Å². The highest BCUT2D eigenvalue weighted by atomic mass is 19.4. The van der Waals surface area contributed by atoms with Gasteiger partial charge in [-0.25, -0.2) is 0 Å². The summed E-state index contributed by atoms with van der Waals surface area (Å²) in [5, 5.41) is 0.764. The Balaban J connectivity index is 1.91. The zero-order valence-electron chi connectivity index (χ0n) is 13.2. The van der Waals surface area contributed by atoms with Crippen molar-refractivity contribution in [1.29, 1.82) is 0 Å². The lowest BCUT2D eigenvalue weighted by atomic mass is 10.1. The molecule has 0 amide bonds. The first-order chi connectivity index (χ1) is 12.3. The van der Waals surface area contributed by atoms with Crippen LogP contribution < -0.4 is 10.3 Å². The molecule has 26 heavy (non-hydrogen) atoms. The number of ketones is 1. The van der Waals surface area contributed by atoms with Crippen LogP contribution in [0.1, 0.15) is 15.9 Å². The van der Waals surface area contributed by atoms with Gasteiger partial charge in [0.1, 0.15) is 5.75 Å². The van der Waals surface area contributed by atoms with Crippen LogP contribution in [0.15, 0.2) is 65.5 Å². The van der Waals surface area contributed by atoms with Crippen molar-refractivity contribution in [3.8, 4) is 5.75 Å². The summed E-state index contributed by atoms with van der Waals surface area (Å²) in [6.07, 6.45) is -2.61. The van der Waals surface area contributed by atoms with Gasteiger partial charge in [-0.15, -0.1) is 13.2 Å². The van der Waals surface area contributed by atoms with Crippen molar-refractivity contribution in [2.24, 2.45) is 0 Å². The van der Waals surface area contributed by atoms with E-state index in [-0.39, 0.29) is 11.1 Å². The lowest BCUT2D eigenvalue weighted by molar-refractivity contribution is -0.274. The minimum Gasteiger partial charge on any atom is -0.405 e. The maximum absolute atomic E-state index is 12.4. The number of hydrogen-bond acceptors (Lipinski definition) is 3. The number of carbonyl (C=O) groups excluding carboxylic acids is 1. The maximum Gasteiger partial charge on any atom is 0.573 e. The Morgan fingerprint density at radius 3 is 2.50 bits per heavy atom. The molecule has 1 heterocycles. The van der Waals surface area contributed by atoms with Crippen LogP contribution in [0.25, 0.3) is 17.0 Å². The average molecular weight is 359 g/mol. The van der Waals surface area contributed by atoms with Crippen LogP contribution in [0.4, 0.5) is 13.2 Å². The van der Waals surface area contributed by atoms with Crippen molar-refractivity contribution in [2.45, 2.75) is 6.36 Å². The van der Waals surface area contributed by atoms with E-state index in [0.29, 0.717) is 5.52 Å². The Kier molecular flexibility index (Phi) is 4.62. The van der Waals surface area contributed by atoms with Crippen LogP contribution in [-0.2, 0) is 0 Å². The average Bonchev–Trinajstić information content (AvgIpc) is 2.58. The van der Waals surface area contributed by atoms with Crippen molar-refractivity contribution in [1.82, 2.24) is 4.98 Å². The Morgan fingerprint density at radius 1 is 1.04 bits per heavy atom. The molecule has 1 N–H and O–H groups in total. The number of halogens is 3. The van der Waals surface area contributed by atoms with E-state index in [2.05, 4.69) is 9.72 Å². The third-order valence-corrected chi connectivity index (χ3v) is 3.57. The summed E-state index contributed by atoms with van der Waals surface area (Å²) in [5.41, 5.74) is 0.196. The molecule has 0 aliphatic heterocycles. The molecule has 1 aromatic heterocycles. The zero-order valence-corrected chi connectivity index (χ0v) is 13.2. The number of benzene rings is 2. The molecule has 0 saturated heterocycles. The molecule has 0 radical (unpaired) electrons. The smallest absolute Gasteiger partial charge is 0.405 e. The molecule has 0 spiro atoms. The van der Waals surface area contributed by atoms with Gasteiger partial charge in [0.25, 0.3) is 5.56 Å². The molecule has 7 heteroatoms. The van der Waals surface area contributed by atoms with Crippen LogP contribution in [0.5, 0.6) is 5.75 Å². The van der Waals surface area contributed by atoms with Crippen molar-refractivity contribution in [2.75, 3.05) is 0 Å². The van der Waals surface area contributed by atoms with Gasteiger partial charge in [0, 0.05) is 11.1 Å². The van der Waals surface area contributed by atoms with Gasteiger partial charge < -0.3 is 9.72 Å². The van der Waals surface area contributed by atoms with Crippen LogP contribution >= 0.6 is 0 Å². The Bertz CT molecular complexity index is 1050. The number of allylic oxidation sites excluding steroid dienone is 1. The second kappa shape index (κ2) is 6.87. The highest BCUT2D eigenvalue weighted by Crippen LogP contribution is 2.26. The third-order valence-electron chi connectivity index (χ3n) is 3.57. The number of aromatic amines is 1. The van der Waals surface area contributed by atoms with Crippen molar-refractivity contribution < 1.29 is 22.7 Å². The first-order valence-corrected chi connectivity index (χ1v) is 7.53. The van der Waals surface area contributed by atoms with Gasteiger partial charge in [0.05, 0.1) is 5.56 Å². The quantitative estimate of drug-likeness (QED) is 0.557. The first kappa shape index (κ1) is 17.5. The molecular weight excluding hydrogens is 347 g/mol. The molecule has 2 aromatic carbocycles. The molecule has 4 nitrogen and oxygen atoms in total. The number of ether oxygens (including phenoxy) is 1. The molecular formula is C19H12F3NO3. The summed E-state index contributed by atoms with van der Waals surface area (Å²) < 4.78 is 41.2. The number of alkyl halides is 3. The zero-order chi connectivity index (χ0) is 18.7. The third kappa shape index (κ3) is 4.00. The normalized spacial score (nSPS) is 11.8. The highest BCUT2D eigenvalue weighted by Gasteiger charge is 2.32. The maximum atomic E-state index is 12.4. The predicted molar refractivity (Wildman–Crippen MR) is 91.1 cm³/mol. The summed E-state index contributed by atoms with van der Waals surface area (Å²) in [7, 11) is 0. The largest absolute Gasteiger partial charge is 0.573 e. The fourth-order valence-corrected chi connectivity index (χ4v) is 2.43. The second-order valence-electron chi connectivity index (χ2n) is 5.38. The molecule has 3 rings (SSSR count). The lowest BCUT2D eigenvalue weighted by Gasteiger charge is -2.11. The Labute approximate surface area is 145 Å². The molecule has 0 bridgehead atoms. The standard InChI is InChI=1S/C19H12F3NO3/c20-19(21,22)26-17-8-4-2-6-14(17)16(24)10-9-13-11-12-5-1-3-7-15(12)23-18(13)25/h1-11H,(H,23,25)/b10-9+. The number of aromatic nitrogens is 1.